The van der Waals surface area contributed by atoms with E-state index in [4.69, 9.17) is 0 Å². The normalized spacial score (nSPS) is 18.9. The lowest BCUT2D eigenvalue weighted by Crippen LogP contribution is -2.48. The molecular formula is C10H13NOS2. The van der Waals surface area contributed by atoms with Gasteiger partial charge < -0.3 is 5.32 Å². The number of thioether (sulfide) groups is 1. The first-order chi connectivity index (χ1) is 6.53. The van der Waals surface area contributed by atoms with E-state index < -0.39 is 0 Å². The van der Waals surface area contributed by atoms with Gasteiger partial charge in [0.05, 0.1) is 9.77 Å². The molecule has 1 aromatic heterocycles. The summed E-state index contributed by atoms with van der Waals surface area (Å²) in [6, 6.07) is 0. The molecule has 0 saturated carbocycles. The van der Waals surface area contributed by atoms with Gasteiger partial charge in [-0.05, 0) is 37.5 Å². The zero-order valence-corrected chi connectivity index (χ0v) is 10.1. The van der Waals surface area contributed by atoms with E-state index in [0.717, 1.165) is 16.2 Å². The van der Waals surface area contributed by atoms with Gasteiger partial charge in [0.15, 0.2) is 0 Å². The number of thiophene rings is 1. The Balaban J connectivity index is 2.47. The lowest BCUT2D eigenvalue weighted by molar-refractivity contribution is 0.0895. The van der Waals surface area contributed by atoms with Gasteiger partial charge in [0.25, 0.3) is 5.91 Å². The van der Waals surface area contributed by atoms with Crippen LogP contribution in [-0.2, 0) is 6.42 Å². The molecule has 2 rings (SSSR count). The predicted octanol–water partition coefficient (Wildman–Crippen LogP) is 2.53. The van der Waals surface area contributed by atoms with Crippen molar-refractivity contribution in [2.24, 2.45) is 0 Å². The smallest absolute Gasteiger partial charge is 0.253 e. The van der Waals surface area contributed by atoms with Crippen LogP contribution in [0.1, 0.15) is 29.8 Å². The molecule has 0 bridgehead atoms. The van der Waals surface area contributed by atoms with Crippen LogP contribution in [0, 0.1) is 0 Å². The Morgan fingerprint density at radius 1 is 1.57 bits per heavy atom. The molecule has 0 aromatic carbocycles. The Morgan fingerprint density at radius 2 is 2.29 bits per heavy atom. The quantitative estimate of drug-likeness (QED) is 0.747. The topological polar surface area (TPSA) is 29.1 Å². The monoisotopic (exact) mass is 227 g/mol. The largest absolute Gasteiger partial charge is 0.347 e. The minimum Gasteiger partial charge on any atom is -0.347 e. The standard InChI is InChI=1S/C10H13NOS2/c1-10(2)4-6-5-14-9(13-3)7(6)8(12)11-10/h5H,4H2,1-3H3,(H,11,12). The molecule has 0 aliphatic carbocycles. The maximum absolute atomic E-state index is 11.8. The zero-order chi connectivity index (χ0) is 10.3. The number of nitrogens with one attached hydrogen (secondary N) is 1. The lowest BCUT2D eigenvalue weighted by Gasteiger charge is -2.31. The number of carbonyl (C=O) groups excluding carboxylic acids is 1. The first-order valence-corrected chi connectivity index (χ1v) is 6.61. The highest BCUT2D eigenvalue weighted by Crippen LogP contribution is 2.35. The van der Waals surface area contributed by atoms with Gasteiger partial charge in [-0.1, -0.05) is 0 Å². The van der Waals surface area contributed by atoms with Gasteiger partial charge in [-0.3, -0.25) is 4.79 Å². The van der Waals surface area contributed by atoms with E-state index in [1.54, 1.807) is 23.1 Å². The Kier molecular flexibility index (Phi) is 2.35. The van der Waals surface area contributed by atoms with Gasteiger partial charge in [-0.15, -0.1) is 23.1 Å². The van der Waals surface area contributed by atoms with E-state index in [0.29, 0.717) is 0 Å². The number of amides is 1. The van der Waals surface area contributed by atoms with Crippen LogP contribution in [0.15, 0.2) is 9.59 Å². The number of rotatable bonds is 1. The Bertz CT molecular complexity index is 381. The van der Waals surface area contributed by atoms with E-state index >= 15 is 0 Å². The first kappa shape index (κ1) is 10.1. The lowest BCUT2D eigenvalue weighted by atomic mass is 9.90. The van der Waals surface area contributed by atoms with Gasteiger partial charge in [0, 0.05) is 5.54 Å². The van der Waals surface area contributed by atoms with Crippen molar-refractivity contribution in [1.29, 1.82) is 0 Å². The average Bonchev–Trinajstić information content (AvgIpc) is 2.44. The minimum absolute atomic E-state index is 0.0850. The van der Waals surface area contributed by atoms with Gasteiger partial charge in [0.1, 0.15) is 0 Å². The Hall–Kier alpha value is -0.480. The van der Waals surface area contributed by atoms with E-state index in [-0.39, 0.29) is 11.4 Å². The SMILES string of the molecule is CSc1scc2c1C(=O)NC(C)(C)C2. The molecule has 0 unspecified atom stereocenters. The highest BCUT2D eigenvalue weighted by Gasteiger charge is 2.32. The van der Waals surface area contributed by atoms with Crippen molar-refractivity contribution in [3.8, 4) is 0 Å². The molecule has 2 heterocycles. The molecule has 4 heteroatoms. The number of carbonyl (C=O) groups is 1. The molecule has 14 heavy (non-hydrogen) atoms. The summed E-state index contributed by atoms with van der Waals surface area (Å²) in [5, 5.41) is 5.14. The molecule has 0 fully saturated rings. The maximum atomic E-state index is 11.8. The van der Waals surface area contributed by atoms with Crippen LogP contribution in [0.3, 0.4) is 0 Å². The molecule has 1 N–H and O–H groups in total. The fourth-order valence-electron chi connectivity index (χ4n) is 1.78. The van der Waals surface area contributed by atoms with E-state index in [1.807, 2.05) is 6.26 Å². The van der Waals surface area contributed by atoms with Crippen LogP contribution >= 0.6 is 23.1 Å². The molecule has 76 valence electrons. The van der Waals surface area contributed by atoms with Crippen molar-refractivity contribution >= 4 is 29.0 Å². The van der Waals surface area contributed by atoms with Gasteiger partial charge >= 0.3 is 0 Å². The van der Waals surface area contributed by atoms with E-state index in [1.165, 1.54) is 5.56 Å². The first-order valence-electron chi connectivity index (χ1n) is 4.50. The van der Waals surface area contributed by atoms with Crippen LogP contribution in [0.5, 0.6) is 0 Å². The summed E-state index contributed by atoms with van der Waals surface area (Å²) >= 11 is 3.32. The summed E-state index contributed by atoms with van der Waals surface area (Å²) in [6.07, 6.45) is 2.95. The molecule has 1 aromatic rings. The maximum Gasteiger partial charge on any atom is 0.253 e. The fourth-order valence-corrected chi connectivity index (χ4v) is 3.53. The number of hydrogen-bond donors (Lipinski definition) is 1. The molecule has 1 aliphatic rings. The van der Waals surface area contributed by atoms with Crippen LogP contribution in [0.4, 0.5) is 0 Å². The van der Waals surface area contributed by atoms with Gasteiger partial charge in [-0.25, -0.2) is 0 Å². The summed E-state index contributed by atoms with van der Waals surface area (Å²) in [6.45, 7) is 4.12. The van der Waals surface area contributed by atoms with Crippen molar-refractivity contribution < 1.29 is 4.79 Å². The second-order valence-electron chi connectivity index (χ2n) is 4.14. The molecule has 0 radical (unpaired) electrons. The summed E-state index contributed by atoms with van der Waals surface area (Å²) < 4.78 is 1.13. The number of hydrogen-bond acceptors (Lipinski definition) is 3. The van der Waals surface area contributed by atoms with Crippen molar-refractivity contribution in [1.82, 2.24) is 5.32 Å². The zero-order valence-electron chi connectivity index (χ0n) is 8.51. The van der Waals surface area contributed by atoms with Gasteiger partial charge in [0.2, 0.25) is 0 Å². The summed E-state index contributed by atoms with van der Waals surface area (Å²) in [4.78, 5) is 11.8. The van der Waals surface area contributed by atoms with Crippen LogP contribution in [0.2, 0.25) is 0 Å². The van der Waals surface area contributed by atoms with Crippen LogP contribution in [0.25, 0.3) is 0 Å². The van der Waals surface area contributed by atoms with Crippen molar-refractivity contribution in [3.63, 3.8) is 0 Å². The van der Waals surface area contributed by atoms with Gasteiger partial charge in [-0.2, -0.15) is 0 Å². The average molecular weight is 227 g/mol. The fraction of sp³-hybridized carbons (Fsp3) is 0.500. The van der Waals surface area contributed by atoms with Crippen LogP contribution in [-0.4, -0.2) is 17.7 Å². The van der Waals surface area contributed by atoms with E-state index in [9.17, 15) is 4.79 Å². The van der Waals surface area contributed by atoms with Crippen LogP contribution < -0.4 is 5.32 Å². The summed E-state index contributed by atoms with van der Waals surface area (Å²) in [5.41, 5.74) is 2.01. The van der Waals surface area contributed by atoms with Crippen molar-refractivity contribution in [2.75, 3.05) is 6.26 Å². The molecule has 1 amide bonds. The Morgan fingerprint density at radius 3 is 2.93 bits per heavy atom. The summed E-state index contributed by atoms with van der Waals surface area (Å²) in [5.74, 6) is 0.0850. The van der Waals surface area contributed by atoms with Crippen molar-refractivity contribution in [3.05, 3.63) is 16.5 Å². The molecule has 0 saturated heterocycles. The third-order valence-corrected chi connectivity index (χ3v) is 4.51. The molecule has 2 nitrogen and oxygen atoms in total. The molecule has 1 aliphatic heterocycles. The third kappa shape index (κ3) is 1.57. The summed E-state index contributed by atoms with van der Waals surface area (Å²) in [7, 11) is 0. The highest BCUT2D eigenvalue weighted by molar-refractivity contribution is 8.00. The second kappa shape index (κ2) is 3.28. The molecular weight excluding hydrogens is 214 g/mol. The van der Waals surface area contributed by atoms with Crippen molar-refractivity contribution in [2.45, 2.75) is 30.0 Å². The third-order valence-electron chi connectivity index (χ3n) is 2.33. The minimum atomic E-state index is -0.0964. The second-order valence-corrected chi connectivity index (χ2v) is 6.10. The molecule has 0 atom stereocenters. The molecule has 0 spiro atoms. The van der Waals surface area contributed by atoms with E-state index in [2.05, 4.69) is 24.5 Å². The highest BCUT2D eigenvalue weighted by atomic mass is 32.2. The Labute approximate surface area is 92.1 Å². The predicted molar refractivity (Wildman–Crippen MR) is 61.3 cm³/mol. The number of fused-ring (bicyclic) bond motifs is 1.